The number of amidine groups is 1. The van der Waals surface area contributed by atoms with Gasteiger partial charge < -0.3 is 20.5 Å². The summed E-state index contributed by atoms with van der Waals surface area (Å²) >= 11 is 1.10. The lowest BCUT2D eigenvalue weighted by Crippen LogP contribution is -2.05. The van der Waals surface area contributed by atoms with Gasteiger partial charge in [0.05, 0.1) is 11.3 Å². The minimum atomic E-state index is -1.04. The maximum atomic E-state index is 12.7. The number of para-hydroxylation sites is 1. The van der Waals surface area contributed by atoms with E-state index in [0.29, 0.717) is 28.4 Å². The minimum Gasteiger partial charge on any atom is -0.481 e. The first-order valence-electron chi connectivity index (χ1n) is 9.81. The van der Waals surface area contributed by atoms with Crippen molar-refractivity contribution in [2.45, 2.75) is 19.3 Å². The van der Waals surface area contributed by atoms with E-state index in [1.54, 1.807) is 18.3 Å². The Hall–Kier alpha value is -3.85. The van der Waals surface area contributed by atoms with E-state index in [-0.39, 0.29) is 17.7 Å². The van der Waals surface area contributed by atoms with E-state index in [2.05, 4.69) is 15.3 Å². The van der Waals surface area contributed by atoms with Crippen LogP contribution in [0.5, 0.6) is 0 Å². The first kappa shape index (κ1) is 21.4. The number of aliphatic carboxylic acids is 2. The van der Waals surface area contributed by atoms with Crippen LogP contribution in [0.1, 0.15) is 24.0 Å². The van der Waals surface area contributed by atoms with Crippen molar-refractivity contribution in [2.75, 3.05) is 5.32 Å². The highest BCUT2D eigenvalue weighted by molar-refractivity contribution is 8.18. The van der Waals surface area contributed by atoms with Crippen LogP contribution in [0.25, 0.3) is 16.5 Å². The highest BCUT2D eigenvalue weighted by Gasteiger charge is 2.28. The summed E-state index contributed by atoms with van der Waals surface area (Å²) in [6.07, 6.45) is 1.89. The third-order valence-electron chi connectivity index (χ3n) is 4.95. The predicted molar refractivity (Wildman–Crippen MR) is 124 cm³/mol. The second kappa shape index (κ2) is 9.11. The molecular weight excluding hydrogens is 430 g/mol. The van der Waals surface area contributed by atoms with Crippen molar-refractivity contribution in [1.29, 1.82) is 0 Å². The van der Waals surface area contributed by atoms with Gasteiger partial charge >= 0.3 is 11.9 Å². The number of aliphatic imine (C=N–C) groups is 1. The van der Waals surface area contributed by atoms with Crippen LogP contribution in [-0.4, -0.2) is 38.2 Å². The molecule has 3 aromatic rings. The second-order valence-corrected chi connectivity index (χ2v) is 8.17. The topological polar surface area (TPSA) is 132 Å². The van der Waals surface area contributed by atoms with E-state index in [9.17, 15) is 19.5 Å². The van der Waals surface area contributed by atoms with Gasteiger partial charge in [0.15, 0.2) is 5.17 Å². The third kappa shape index (κ3) is 4.73. The van der Waals surface area contributed by atoms with Crippen LogP contribution in [0, 0.1) is 0 Å². The minimum absolute atomic E-state index is 0.0538. The summed E-state index contributed by atoms with van der Waals surface area (Å²) in [5.41, 5.74) is 3.51. The Labute approximate surface area is 187 Å². The highest BCUT2D eigenvalue weighted by atomic mass is 32.2. The molecule has 1 amide bonds. The van der Waals surface area contributed by atoms with Gasteiger partial charge in [0.2, 0.25) is 0 Å². The number of hydrogen-bond donors (Lipinski definition) is 4. The zero-order valence-corrected chi connectivity index (χ0v) is 17.6. The molecule has 2 heterocycles. The number of aromatic nitrogens is 1. The molecule has 0 atom stereocenters. The van der Waals surface area contributed by atoms with Crippen molar-refractivity contribution in [3.05, 3.63) is 70.8 Å². The fourth-order valence-electron chi connectivity index (χ4n) is 3.45. The Morgan fingerprint density at radius 1 is 1.03 bits per heavy atom. The molecule has 0 saturated carbocycles. The number of aryl methyl sites for hydroxylation is 1. The largest absolute Gasteiger partial charge is 0.481 e. The van der Waals surface area contributed by atoms with Gasteiger partial charge in [0, 0.05) is 34.8 Å². The van der Waals surface area contributed by atoms with Crippen molar-refractivity contribution in [2.24, 2.45) is 4.99 Å². The summed E-state index contributed by atoms with van der Waals surface area (Å²) in [6, 6.07) is 14.7. The molecule has 1 aliphatic rings. The molecule has 162 valence electrons. The molecule has 1 aliphatic heterocycles. The number of fused-ring (bicyclic) bond motifs is 1. The van der Waals surface area contributed by atoms with Gasteiger partial charge in [-0.2, -0.15) is 4.99 Å². The normalized spacial score (nSPS) is 15.0. The summed E-state index contributed by atoms with van der Waals surface area (Å²) in [6.45, 7) is 0. The zero-order valence-electron chi connectivity index (χ0n) is 16.8. The van der Waals surface area contributed by atoms with Gasteiger partial charge in [-0.1, -0.05) is 30.3 Å². The monoisotopic (exact) mass is 449 g/mol. The molecule has 0 spiro atoms. The van der Waals surface area contributed by atoms with E-state index in [1.807, 2.05) is 36.4 Å². The number of thioether (sulfide) groups is 1. The lowest BCUT2D eigenvalue weighted by atomic mass is 10.0. The van der Waals surface area contributed by atoms with E-state index >= 15 is 0 Å². The van der Waals surface area contributed by atoms with Crippen LogP contribution in [-0.2, 0) is 20.8 Å². The molecule has 32 heavy (non-hydrogen) atoms. The number of hydrogen-bond acceptors (Lipinski definition) is 5. The number of amides is 1. The third-order valence-corrected chi connectivity index (χ3v) is 5.96. The van der Waals surface area contributed by atoms with Gasteiger partial charge in [-0.3, -0.25) is 14.4 Å². The van der Waals surface area contributed by atoms with Crippen LogP contribution in [0.3, 0.4) is 0 Å². The zero-order chi connectivity index (χ0) is 22.7. The number of benzene rings is 2. The molecule has 0 radical (unpaired) electrons. The van der Waals surface area contributed by atoms with E-state index < -0.39 is 17.8 Å². The summed E-state index contributed by atoms with van der Waals surface area (Å²) in [7, 11) is 0. The second-order valence-electron chi connectivity index (χ2n) is 7.17. The van der Waals surface area contributed by atoms with Gasteiger partial charge in [-0.05, 0) is 47.5 Å². The standard InChI is InChI=1S/C23H19N3O5S/c27-19(28)10-7-13-5-8-14(9-6-13)25-23-26-22(31)21(32-23)16(11-20(29)30)17-12-24-18-4-2-1-3-15(17)18/h1-6,8-9,12,24H,7,10-11H2,(H,27,28)(H,29,30)(H,25,26,31). The van der Waals surface area contributed by atoms with Crippen molar-refractivity contribution in [1.82, 2.24) is 4.98 Å². The van der Waals surface area contributed by atoms with E-state index in [4.69, 9.17) is 5.11 Å². The van der Waals surface area contributed by atoms with Gasteiger partial charge in [0.25, 0.3) is 5.91 Å². The average molecular weight is 449 g/mol. The van der Waals surface area contributed by atoms with Crippen LogP contribution >= 0.6 is 11.8 Å². The Balaban J connectivity index is 1.57. The molecule has 8 nitrogen and oxygen atoms in total. The Kier molecular flexibility index (Phi) is 6.09. The van der Waals surface area contributed by atoms with Crippen LogP contribution in [0.2, 0.25) is 0 Å². The molecule has 0 saturated heterocycles. The summed E-state index contributed by atoms with van der Waals surface area (Å²) in [5, 5.41) is 22.5. The first-order valence-corrected chi connectivity index (χ1v) is 10.6. The van der Waals surface area contributed by atoms with Crippen LogP contribution in [0.4, 0.5) is 5.69 Å². The molecule has 0 aliphatic carbocycles. The maximum Gasteiger partial charge on any atom is 0.307 e. The lowest BCUT2D eigenvalue weighted by Gasteiger charge is -2.08. The number of rotatable bonds is 7. The molecule has 0 bridgehead atoms. The summed E-state index contributed by atoms with van der Waals surface area (Å²) in [5.74, 6) is -2.38. The number of carbonyl (C=O) groups excluding carboxylic acids is 1. The summed E-state index contributed by atoms with van der Waals surface area (Å²) < 4.78 is 0. The number of nitrogens with one attached hydrogen (secondary N) is 2. The highest BCUT2D eigenvalue weighted by Crippen LogP contribution is 2.38. The number of carboxylic acids is 2. The maximum absolute atomic E-state index is 12.7. The number of carboxylic acid groups (broad SMARTS) is 2. The SMILES string of the molecule is O=C(O)CCc1ccc(NC2=NC(=O)C(=C(CC(=O)O)c3c[nH]c4ccccc34)S2)cc1. The van der Waals surface area contributed by atoms with E-state index in [0.717, 1.165) is 28.2 Å². The fourth-order valence-corrected chi connectivity index (χ4v) is 4.38. The van der Waals surface area contributed by atoms with Gasteiger partial charge in [-0.25, -0.2) is 0 Å². The fraction of sp³-hybridized carbons (Fsp3) is 0.130. The molecule has 2 aromatic carbocycles. The number of carbonyl (C=O) groups is 3. The molecule has 1 aromatic heterocycles. The molecule has 0 unspecified atom stereocenters. The van der Waals surface area contributed by atoms with Gasteiger partial charge in [0.1, 0.15) is 0 Å². The molecule has 4 rings (SSSR count). The average Bonchev–Trinajstić information content (AvgIpc) is 3.35. The summed E-state index contributed by atoms with van der Waals surface area (Å²) in [4.78, 5) is 42.4. The van der Waals surface area contributed by atoms with Crippen molar-refractivity contribution >= 4 is 56.9 Å². The van der Waals surface area contributed by atoms with Crippen molar-refractivity contribution in [3.8, 4) is 0 Å². The van der Waals surface area contributed by atoms with Gasteiger partial charge in [-0.15, -0.1) is 0 Å². The van der Waals surface area contributed by atoms with Crippen molar-refractivity contribution in [3.63, 3.8) is 0 Å². The molecule has 9 heteroatoms. The Bertz CT molecular complexity index is 1270. The Morgan fingerprint density at radius 3 is 2.50 bits per heavy atom. The Morgan fingerprint density at radius 2 is 1.78 bits per heavy atom. The number of nitrogens with zero attached hydrogens (tertiary/aromatic N) is 1. The smallest absolute Gasteiger partial charge is 0.307 e. The van der Waals surface area contributed by atoms with Crippen molar-refractivity contribution < 1.29 is 24.6 Å². The van der Waals surface area contributed by atoms with E-state index in [1.165, 1.54) is 0 Å². The molecular formula is C23H19N3O5S. The predicted octanol–water partition coefficient (Wildman–Crippen LogP) is 4.11. The number of aromatic amines is 1. The number of H-pyrrole nitrogens is 1. The van der Waals surface area contributed by atoms with Crippen LogP contribution in [0.15, 0.2) is 64.6 Å². The van der Waals surface area contributed by atoms with Crippen LogP contribution < -0.4 is 5.32 Å². The first-order chi connectivity index (χ1) is 15.4. The lowest BCUT2D eigenvalue weighted by molar-refractivity contribution is -0.137. The number of anilines is 1. The molecule has 4 N–H and O–H groups in total. The molecule has 0 fully saturated rings. The quantitative estimate of drug-likeness (QED) is 0.399.